The number of piperidine rings is 1. The molecular weight excluding hydrogens is 444 g/mol. The van der Waals surface area contributed by atoms with Crippen LogP contribution in [0.15, 0.2) is 12.4 Å². The first kappa shape index (κ1) is 24.6. The molecule has 3 atom stereocenters. The Labute approximate surface area is 187 Å². The Morgan fingerprint density at radius 1 is 1.22 bits per heavy atom. The molecule has 2 heterocycles. The maximum Gasteiger partial charge on any atom is 0.407 e. The second-order valence-electron chi connectivity index (χ2n) is 8.63. The number of alkyl carbamates (subject to hydrolysis) is 1. The van der Waals surface area contributed by atoms with Gasteiger partial charge in [0.25, 0.3) is 0 Å². The summed E-state index contributed by atoms with van der Waals surface area (Å²) in [6, 6.07) is -0.527. The van der Waals surface area contributed by atoms with Crippen molar-refractivity contribution in [1.29, 1.82) is 0 Å². The van der Waals surface area contributed by atoms with Gasteiger partial charge >= 0.3 is 6.09 Å². The molecule has 9 nitrogen and oxygen atoms in total. The lowest BCUT2D eigenvalue weighted by Gasteiger charge is -2.30. The zero-order chi connectivity index (χ0) is 23.3. The van der Waals surface area contributed by atoms with Crippen LogP contribution < -0.4 is 10.6 Å². The van der Waals surface area contributed by atoms with Crippen LogP contribution in [-0.4, -0.2) is 72.7 Å². The standard InChI is InChI=1S/C20H31F2N5O4S/c1-13(9-18(21)22)25-20(28)31-17-4-3-14(10-17)15-11-23-19(24-12-15)26-16-5-7-27(8-6-16)32(2,29)30/h11-14,16-18H,3-10H2,1-2H3,(H,25,28)(H,23,24,26)/t13-,14+,17-/m0/s1. The highest BCUT2D eigenvalue weighted by Gasteiger charge is 2.30. The number of hydrogen-bond donors (Lipinski definition) is 2. The lowest BCUT2D eigenvalue weighted by atomic mass is 10.0. The molecule has 1 aliphatic heterocycles. The van der Waals surface area contributed by atoms with E-state index >= 15 is 0 Å². The molecule has 2 fully saturated rings. The number of carbonyl (C=O) groups excluding carboxylic acids is 1. The Morgan fingerprint density at radius 2 is 1.88 bits per heavy atom. The van der Waals surface area contributed by atoms with Crippen molar-refractivity contribution in [2.24, 2.45) is 0 Å². The van der Waals surface area contributed by atoms with Gasteiger partial charge in [-0.05, 0) is 50.5 Å². The van der Waals surface area contributed by atoms with Crippen molar-refractivity contribution in [3.8, 4) is 0 Å². The van der Waals surface area contributed by atoms with Crippen LogP contribution in [0, 0.1) is 0 Å². The Kier molecular flexibility index (Phi) is 8.21. The van der Waals surface area contributed by atoms with Gasteiger partial charge in [0, 0.05) is 44.0 Å². The molecule has 1 aliphatic carbocycles. The fourth-order valence-electron chi connectivity index (χ4n) is 4.20. The number of alkyl halides is 2. The maximum atomic E-state index is 12.4. The first-order valence-corrected chi connectivity index (χ1v) is 12.7. The van der Waals surface area contributed by atoms with E-state index in [1.807, 2.05) is 0 Å². The molecule has 0 spiro atoms. The molecule has 1 saturated carbocycles. The summed E-state index contributed by atoms with van der Waals surface area (Å²) in [6.45, 7) is 2.48. The van der Waals surface area contributed by atoms with Gasteiger partial charge in [-0.15, -0.1) is 0 Å². The zero-order valence-electron chi connectivity index (χ0n) is 18.3. The Morgan fingerprint density at radius 3 is 2.47 bits per heavy atom. The van der Waals surface area contributed by atoms with Gasteiger partial charge in [-0.25, -0.2) is 36.3 Å². The largest absolute Gasteiger partial charge is 0.446 e. The van der Waals surface area contributed by atoms with E-state index in [4.69, 9.17) is 4.74 Å². The summed E-state index contributed by atoms with van der Waals surface area (Å²) in [5.74, 6) is 0.670. The van der Waals surface area contributed by atoms with Gasteiger partial charge in [0.1, 0.15) is 6.10 Å². The number of nitrogens with zero attached hydrogens (tertiary/aromatic N) is 3. The normalized spacial score (nSPS) is 23.8. The van der Waals surface area contributed by atoms with Crippen molar-refractivity contribution in [2.75, 3.05) is 24.7 Å². The van der Waals surface area contributed by atoms with Gasteiger partial charge in [0.2, 0.25) is 22.4 Å². The summed E-state index contributed by atoms with van der Waals surface area (Å²) >= 11 is 0. The summed E-state index contributed by atoms with van der Waals surface area (Å²) in [6.07, 6.45) is 4.48. The summed E-state index contributed by atoms with van der Waals surface area (Å²) in [7, 11) is -3.15. The molecule has 32 heavy (non-hydrogen) atoms. The Bertz CT molecular complexity index is 863. The molecule has 180 valence electrons. The van der Waals surface area contributed by atoms with Crippen molar-refractivity contribution in [1.82, 2.24) is 19.6 Å². The van der Waals surface area contributed by atoms with E-state index in [2.05, 4.69) is 20.6 Å². The van der Waals surface area contributed by atoms with Crippen LogP contribution in [0.25, 0.3) is 0 Å². The maximum absolute atomic E-state index is 12.4. The number of sulfonamides is 1. The SMILES string of the molecule is C[C@@H](CC(F)F)NC(=O)O[C@H]1CC[C@@H](c2cnc(NC3CCN(S(C)(=O)=O)CC3)nc2)C1. The molecule has 1 amide bonds. The highest BCUT2D eigenvalue weighted by Crippen LogP contribution is 2.35. The van der Waals surface area contributed by atoms with E-state index < -0.39 is 35.0 Å². The summed E-state index contributed by atoms with van der Waals surface area (Å²) in [5.41, 5.74) is 0.958. The van der Waals surface area contributed by atoms with Gasteiger partial charge in [-0.3, -0.25) is 0 Å². The monoisotopic (exact) mass is 475 g/mol. The van der Waals surface area contributed by atoms with E-state index in [0.717, 1.165) is 12.0 Å². The molecule has 12 heteroatoms. The van der Waals surface area contributed by atoms with E-state index in [0.29, 0.717) is 44.7 Å². The van der Waals surface area contributed by atoms with Crippen LogP contribution in [0.1, 0.15) is 56.9 Å². The number of hydrogen-bond acceptors (Lipinski definition) is 7. The molecular formula is C20H31F2N5O4S. The van der Waals surface area contributed by atoms with Gasteiger partial charge in [-0.1, -0.05) is 0 Å². The number of rotatable bonds is 8. The molecule has 0 bridgehead atoms. The average Bonchev–Trinajstić information content (AvgIpc) is 3.15. The minimum absolute atomic E-state index is 0.120. The molecule has 0 aromatic carbocycles. The Balaban J connectivity index is 1.43. The van der Waals surface area contributed by atoms with Gasteiger partial charge in [-0.2, -0.15) is 0 Å². The molecule has 1 saturated heterocycles. The number of anilines is 1. The second kappa shape index (κ2) is 10.7. The molecule has 0 unspecified atom stereocenters. The fourth-order valence-corrected chi connectivity index (χ4v) is 5.07. The van der Waals surface area contributed by atoms with Crippen LogP contribution in [0.4, 0.5) is 19.5 Å². The predicted octanol–water partition coefficient (Wildman–Crippen LogP) is 2.72. The highest BCUT2D eigenvalue weighted by molar-refractivity contribution is 7.88. The first-order chi connectivity index (χ1) is 15.1. The van der Waals surface area contributed by atoms with E-state index in [1.54, 1.807) is 12.4 Å². The van der Waals surface area contributed by atoms with Crippen molar-refractivity contribution in [3.63, 3.8) is 0 Å². The lowest BCUT2D eigenvalue weighted by Crippen LogP contribution is -2.42. The number of nitrogens with one attached hydrogen (secondary N) is 2. The number of aromatic nitrogens is 2. The van der Waals surface area contributed by atoms with Crippen LogP contribution in [-0.2, 0) is 14.8 Å². The van der Waals surface area contributed by atoms with Crippen molar-refractivity contribution < 1.29 is 26.7 Å². The minimum Gasteiger partial charge on any atom is -0.446 e. The third-order valence-electron chi connectivity index (χ3n) is 5.95. The van der Waals surface area contributed by atoms with E-state index in [9.17, 15) is 22.0 Å². The third kappa shape index (κ3) is 7.22. The number of carbonyl (C=O) groups is 1. The van der Waals surface area contributed by atoms with Crippen molar-refractivity contribution in [2.45, 2.75) is 76.0 Å². The topological polar surface area (TPSA) is 114 Å². The van der Waals surface area contributed by atoms with Crippen LogP contribution >= 0.6 is 0 Å². The van der Waals surface area contributed by atoms with Crippen molar-refractivity contribution in [3.05, 3.63) is 18.0 Å². The average molecular weight is 476 g/mol. The van der Waals surface area contributed by atoms with Crippen molar-refractivity contribution >= 4 is 22.1 Å². The smallest absolute Gasteiger partial charge is 0.407 e. The molecule has 2 aliphatic rings. The summed E-state index contributed by atoms with van der Waals surface area (Å²) in [4.78, 5) is 20.7. The Hall–Kier alpha value is -2.08. The summed E-state index contributed by atoms with van der Waals surface area (Å²) in [5, 5.41) is 5.70. The highest BCUT2D eigenvalue weighted by atomic mass is 32.2. The molecule has 0 radical (unpaired) electrons. The van der Waals surface area contributed by atoms with Gasteiger partial charge in [0.05, 0.1) is 6.26 Å². The number of amides is 1. The quantitative estimate of drug-likeness (QED) is 0.594. The van der Waals surface area contributed by atoms with Crippen LogP contribution in [0.5, 0.6) is 0 Å². The van der Waals surface area contributed by atoms with E-state index in [1.165, 1.54) is 17.5 Å². The van der Waals surface area contributed by atoms with Gasteiger partial charge in [0.15, 0.2) is 0 Å². The molecule has 1 aromatic rings. The minimum atomic E-state index is -3.15. The lowest BCUT2D eigenvalue weighted by molar-refractivity contribution is 0.0895. The molecule has 2 N–H and O–H groups in total. The first-order valence-electron chi connectivity index (χ1n) is 10.9. The van der Waals surface area contributed by atoms with Crippen LogP contribution in [0.2, 0.25) is 0 Å². The number of halogens is 2. The third-order valence-corrected chi connectivity index (χ3v) is 7.26. The summed E-state index contributed by atoms with van der Waals surface area (Å²) < 4.78 is 54.8. The van der Waals surface area contributed by atoms with Gasteiger partial charge < -0.3 is 15.4 Å². The molecule has 1 aromatic heterocycles. The molecule has 3 rings (SSSR count). The fraction of sp³-hybridized carbons (Fsp3) is 0.750. The predicted molar refractivity (Wildman–Crippen MR) is 115 cm³/mol. The van der Waals surface area contributed by atoms with Crippen LogP contribution in [0.3, 0.4) is 0 Å². The van der Waals surface area contributed by atoms with E-state index in [-0.39, 0.29) is 18.1 Å². The zero-order valence-corrected chi connectivity index (χ0v) is 19.2. The second-order valence-corrected chi connectivity index (χ2v) is 10.6. The number of ether oxygens (including phenoxy) is 1.